The molecule has 30 heavy (non-hydrogen) atoms. The van der Waals surface area contributed by atoms with E-state index in [1.54, 1.807) is 22.8 Å². The number of nitrogens with zero attached hydrogens (tertiary/aromatic N) is 2. The van der Waals surface area contributed by atoms with Crippen molar-refractivity contribution in [1.29, 1.82) is 0 Å². The highest BCUT2D eigenvalue weighted by molar-refractivity contribution is 7.99. The Bertz CT molecular complexity index is 983. The number of ether oxygens (including phenoxy) is 1. The van der Waals surface area contributed by atoms with Crippen LogP contribution in [-0.4, -0.2) is 40.3 Å². The molecule has 1 atom stereocenters. The van der Waals surface area contributed by atoms with Gasteiger partial charge in [-0.15, -0.1) is 11.3 Å². The van der Waals surface area contributed by atoms with Gasteiger partial charge in [-0.3, -0.25) is 19.0 Å². The van der Waals surface area contributed by atoms with Crippen LogP contribution in [0.15, 0.2) is 9.95 Å². The van der Waals surface area contributed by atoms with E-state index in [9.17, 15) is 14.4 Å². The summed E-state index contributed by atoms with van der Waals surface area (Å²) in [6.07, 6.45) is 3.89. The van der Waals surface area contributed by atoms with Crippen LogP contribution in [0.3, 0.4) is 0 Å². The minimum atomic E-state index is -0.251. The molecule has 0 spiro atoms. The van der Waals surface area contributed by atoms with Crippen molar-refractivity contribution < 1.29 is 14.3 Å². The van der Waals surface area contributed by atoms with Gasteiger partial charge in [0.2, 0.25) is 5.91 Å². The van der Waals surface area contributed by atoms with Crippen LogP contribution < -0.4 is 10.9 Å². The van der Waals surface area contributed by atoms with Crippen LogP contribution in [0.2, 0.25) is 0 Å². The van der Waals surface area contributed by atoms with Gasteiger partial charge in [0.1, 0.15) is 4.83 Å². The van der Waals surface area contributed by atoms with Crippen molar-refractivity contribution in [3.05, 3.63) is 20.8 Å². The van der Waals surface area contributed by atoms with Crippen molar-refractivity contribution in [3.8, 4) is 0 Å². The predicted molar refractivity (Wildman–Crippen MR) is 120 cm³/mol. The molecule has 2 aromatic rings. The molecule has 1 unspecified atom stereocenters. The Morgan fingerprint density at radius 3 is 2.90 bits per heavy atom. The third kappa shape index (κ3) is 5.24. The van der Waals surface area contributed by atoms with E-state index in [0.29, 0.717) is 37.2 Å². The first-order valence-electron chi connectivity index (χ1n) is 10.5. The molecule has 1 aliphatic carbocycles. The van der Waals surface area contributed by atoms with Gasteiger partial charge in [-0.2, -0.15) is 0 Å². The van der Waals surface area contributed by atoms with Crippen molar-refractivity contribution in [3.63, 3.8) is 0 Å². The third-order valence-electron chi connectivity index (χ3n) is 5.21. The van der Waals surface area contributed by atoms with Crippen molar-refractivity contribution in [2.75, 3.05) is 18.9 Å². The van der Waals surface area contributed by atoms with Gasteiger partial charge in [0.25, 0.3) is 5.56 Å². The van der Waals surface area contributed by atoms with E-state index in [-0.39, 0.29) is 29.6 Å². The van der Waals surface area contributed by atoms with Crippen LogP contribution in [0.25, 0.3) is 10.2 Å². The molecule has 0 fully saturated rings. The minimum Gasteiger partial charge on any atom is -0.466 e. The number of aromatic nitrogens is 2. The zero-order valence-electron chi connectivity index (χ0n) is 17.8. The number of esters is 1. The fraction of sp³-hybridized carbons (Fsp3) is 0.619. The van der Waals surface area contributed by atoms with E-state index < -0.39 is 0 Å². The summed E-state index contributed by atoms with van der Waals surface area (Å²) in [4.78, 5) is 43.5. The molecule has 2 heterocycles. The number of thiophene rings is 1. The number of carbonyl (C=O) groups is 2. The molecule has 0 bridgehead atoms. The maximum Gasteiger partial charge on any atom is 0.305 e. The SMILES string of the molecule is CCOC(=O)CCCNC(=O)CSc1nc2sc3c(c2c(=O)n1CC)CCC(C)C3. The second kappa shape index (κ2) is 10.4. The highest BCUT2D eigenvalue weighted by atomic mass is 32.2. The van der Waals surface area contributed by atoms with Gasteiger partial charge in [0.15, 0.2) is 5.16 Å². The Balaban J connectivity index is 1.65. The van der Waals surface area contributed by atoms with Crippen molar-refractivity contribution >= 4 is 45.2 Å². The number of amides is 1. The smallest absolute Gasteiger partial charge is 0.305 e. The zero-order chi connectivity index (χ0) is 21.7. The van der Waals surface area contributed by atoms with E-state index in [1.165, 1.54) is 22.2 Å². The first-order valence-corrected chi connectivity index (χ1v) is 12.3. The third-order valence-corrected chi connectivity index (χ3v) is 7.34. The average Bonchev–Trinajstić information content (AvgIpc) is 3.07. The van der Waals surface area contributed by atoms with Gasteiger partial charge in [-0.05, 0) is 51.0 Å². The lowest BCUT2D eigenvalue weighted by Gasteiger charge is -2.17. The van der Waals surface area contributed by atoms with Gasteiger partial charge in [-0.1, -0.05) is 18.7 Å². The van der Waals surface area contributed by atoms with E-state index in [2.05, 4.69) is 12.2 Å². The summed E-state index contributed by atoms with van der Waals surface area (Å²) in [6, 6.07) is 0. The zero-order valence-corrected chi connectivity index (χ0v) is 19.4. The Kier molecular flexibility index (Phi) is 7.93. The molecule has 164 valence electrons. The highest BCUT2D eigenvalue weighted by Gasteiger charge is 2.24. The van der Waals surface area contributed by atoms with Crippen molar-refractivity contribution in [2.45, 2.75) is 64.6 Å². The maximum absolute atomic E-state index is 13.1. The first kappa shape index (κ1) is 22.8. The molecular formula is C21H29N3O4S2. The Hall–Kier alpha value is -1.87. The fourth-order valence-corrected chi connectivity index (χ4v) is 5.99. The fourth-order valence-electron chi connectivity index (χ4n) is 3.67. The normalized spacial score (nSPS) is 15.8. The van der Waals surface area contributed by atoms with Crippen LogP contribution >= 0.6 is 23.1 Å². The molecule has 1 aliphatic rings. The standard InChI is InChI=1S/C21H29N3O4S2/c1-4-24-20(27)18-14-9-8-13(3)11-15(14)30-19(18)23-21(24)29-12-16(25)22-10-6-7-17(26)28-5-2/h13H,4-12H2,1-3H3,(H,22,25). The number of fused-ring (bicyclic) bond motifs is 3. The van der Waals surface area contributed by atoms with Gasteiger partial charge < -0.3 is 10.1 Å². The van der Waals surface area contributed by atoms with E-state index in [4.69, 9.17) is 9.72 Å². The average molecular weight is 452 g/mol. The molecule has 1 N–H and O–H groups in total. The van der Waals surface area contributed by atoms with Crippen LogP contribution in [0, 0.1) is 5.92 Å². The van der Waals surface area contributed by atoms with Crippen LogP contribution in [-0.2, 0) is 33.7 Å². The lowest BCUT2D eigenvalue weighted by molar-refractivity contribution is -0.143. The molecule has 9 heteroatoms. The number of aryl methyl sites for hydroxylation is 1. The molecular weight excluding hydrogens is 422 g/mol. The number of nitrogens with one attached hydrogen (secondary N) is 1. The summed E-state index contributed by atoms with van der Waals surface area (Å²) in [7, 11) is 0. The minimum absolute atomic E-state index is 0.00639. The number of hydrogen-bond donors (Lipinski definition) is 1. The van der Waals surface area contributed by atoms with Crippen LogP contribution in [0.1, 0.15) is 50.5 Å². The summed E-state index contributed by atoms with van der Waals surface area (Å²) in [6.45, 7) is 7.25. The summed E-state index contributed by atoms with van der Waals surface area (Å²) in [5.41, 5.74) is 1.19. The summed E-state index contributed by atoms with van der Waals surface area (Å²) in [5, 5.41) is 4.17. The van der Waals surface area contributed by atoms with E-state index in [0.717, 1.165) is 29.5 Å². The topological polar surface area (TPSA) is 90.3 Å². The Morgan fingerprint density at radius 1 is 1.37 bits per heavy atom. The first-order chi connectivity index (χ1) is 14.4. The molecule has 0 saturated heterocycles. The van der Waals surface area contributed by atoms with Gasteiger partial charge >= 0.3 is 5.97 Å². The molecule has 1 amide bonds. The molecule has 7 nitrogen and oxygen atoms in total. The van der Waals surface area contributed by atoms with Crippen molar-refractivity contribution in [1.82, 2.24) is 14.9 Å². The van der Waals surface area contributed by atoms with Gasteiger partial charge in [0.05, 0.1) is 17.7 Å². The molecule has 0 radical (unpaired) electrons. The molecule has 0 aromatic carbocycles. The largest absolute Gasteiger partial charge is 0.466 e. The molecule has 0 saturated carbocycles. The molecule has 2 aromatic heterocycles. The lowest BCUT2D eigenvalue weighted by Crippen LogP contribution is -2.28. The number of rotatable bonds is 9. The molecule has 0 aliphatic heterocycles. The lowest BCUT2D eigenvalue weighted by atomic mass is 9.89. The second-order valence-electron chi connectivity index (χ2n) is 7.52. The number of carbonyl (C=O) groups excluding carboxylic acids is 2. The highest BCUT2D eigenvalue weighted by Crippen LogP contribution is 2.36. The summed E-state index contributed by atoms with van der Waals surface area (Å²) in [5.74, 6) is 0.429. The summed E-state index contributed by atoms with van der Waals surface area (Å²) >= 11 is 2.91. The van der Waals surface area contributed by atoms with Gasteiger partial charge in [0, 0.05) is 24.4 Å². The number of thioether (sulfide) groups is 1. The van der Waals surface area contributed by atoms with E-state index in [1.807, 2.05) is 6.92 Å². The van der Waals surface area contributed by atoms with Crippen LogP contribution in [0.5, 0.6) is 0 Å². The maximum atomic E-state index is 13.1. The monoisotopic (exact) mass is 451 g/mol. The van der Waals surface area contributed by atoms with Crippen LogP contribution in [0.4, 0.5) is 0 Å². The Morgan fingerprint density at radius 2 is 2.17 bits per heavy atom. The second-order valence-corrected chi connectivity index (χ2v) is 9.55. The summed E-state index contributed by atoms with van der Waals surface area (Å²) < 4.78 is 6.54. The molecule has 3 rings (SSSR count). The quantitative estimate of drug-likeness (QED) is 0.273. The predicted octanol–water partition coefficient (Wildman–Crippen LogP) is 3.15. The van der Waals surface area contributed by atoms with Gasteiger partial charge in [-0.25, -0.2) is 4.98 Å². The van der Waals surface area contributed by atoms with Crippen molar-refractivity contribution in [2.24, 2.45) is 5.92 Å². The number of hydrogen-bond acceptors (Lipinski definition) is 7. The van der Waals surface area contributed by atoms with E-state index >= 15 is 0 Å². The Labute approximate surface area is 184 Å².